The van der Waals surface area contributed by atoms with Gasteiger partial charge < -0.3 is 10.6 Å². The van der Waals surface area contributed by atoms with Gasteiger partial charge in [0.25, 0.3) is 0 Å². The van der Waals surface area contributed by atoms with Gasteiger partial charge in [0.05, 0.1) is 4.90 Å². The molecular formula is C17H21N3O3S. The van der Waals surface area contributed by atoms with E-state index in [9.17, 15) is 13.2 Å². The average Bonchev–Trinajstić information content (AvgIpc) is 2.51. The molecule has 0 aromatic heterocycles. The number of nitrogens with two attached hydrogens (primary N) is 1. The van der Waals surface area contributed by atoms with Crippen LogP contribution in [0.25, 0.3) is 0 Å². The van der Waals surface area contributed by atoms with E-state index in [-0.39, 0.29) is 10.8 Å². The van der Waals surface area contributed by atoms with Crippen LogP contribution in [0.4, 0.5) is 11.4 Å². The van der Waals surface area contributed by atoms with Crippen LogP contribution in [0.3, 0.4) is 0 Å². The third-order valence-electron chi connectivity index (χ3n) is 3.82. The summed E-state index contributed by atoms with van der Waals surface area (Å²) in [7, 11) is -3.74. The molecule has 0 aliphatic carbocycles. The number of carbonyl (C=O) groups is 1. The summed E-state index contributed by atoms with van der Waals surface area (Å²) in [6.45, 7) is 5.77. The van der Waals surface area contributed by atoms with Crippen LogP contribution in [0.2, 0.25) is 0 Å². The summed E-state index contributed by atoms with van der Waals surface area (Å²) in [6, 6.07) is 11.1. The number of anilines is 2. The average molecular weight is 347 g/mol. The first-order valence-electron chi connectivity index (χ1n) is 7.45. The van der Waals surface area contributed by atoms with E-state index in [0.717, 1.165) is 16.8 Å². The molecule has 24 heavy (non-hydrogen) atoms. The van der Waals surface area contributed by atoms with Crippen LogP contribution in [0.5, 0.6) is 0 Å². The molecule has 1 amide bonds. The van der Waals surface area contributed by atoms with E-state index < -0.39 is 16.1 Å². The van der Waals surface area contributed by atoms with Gasteiger partial charge in [0.1, 0.15) is 6.04 Å². The minimum absolute atomic E-state index is 0.00191. The molecule has 0 aliphatic heterocycles. The molecule has 0 aliphatic rings. The molecule has 0 saturated carbocycles. The van der Waals surface area contributed by atoms with E-state index in [1.54, 1.807) is 6.92 Å². The van der Waals surface area contributed by atoms with Crippen molar-refractivity contribution in [1.29, 1.82) is 0 Å². The van der Waals surface area contributed by atoms with Gasteiger partial charge in [-0.25, -0.2) is 13.6 Å². The molecule has 4 N–H and O–H groups in total. The molecule has 0 bridgehead atoms. The number of amides is 1. The minimum atomic E-state index is -3.74. The second-order valence-electron chi connectivity index (χ2n) is 5.67. The highest BCUT2D eigenvalue weighted by Crippen LogP contribution is 2.19. The Hall–Kier alpha value is -2.38. The smallest absolute Gasteiger partial charge is 0.246 e. The SMILES string of the molecule is Cc1cccc(N[C@@H](C)C(=O)Nc2ccc(S(N)(=O)=O)cc2)c1C. The Morgan fingerprint density at radius 1 is 1.08 bits per heavy atom. The van der Waals surface area contributed by atoms with Gasteiger partial charge in [0.15, 0.2) is 0 Å². The van der Waals surface area contributed by atoms with Crippen molar-refractivity contribution < 1.29 is 13.2 Å². The molecule has 1 atom stereocenters. The quantitative estimate of drug-likeness (QED) is 0.773. The van der Waals surface area contributed by atoms with Gasteiger partial charge in [-0.15, -0.1) is 0 Å². The molecule has 0 fully saturated rings. The van der Waals surface area contributed by atoms with E-state index in [1.165, 1.54) is 24.3 Å². The number of hydrogen-bond donors (Lipinski definition) is 3. The van der Waals surface area contributed by atoms with Crippen molar-refractivity contribution in [3.05, 3.63) is 53.6 Å². The van der Waals surface area contributed by atoms with E-state index in [0.29, 0.717) is 5.69 Å². The Morgan fingerprint density at radius 2 is 1.71 bits per heavy atom. The maximum Gasteiger partial charge on any atom is 0.246 e. The van der Waals surface area contributed by atoms with Gasteiger partial charge in [0, 0.05) is 11.4 Å². The highest BCUT2D eigenvalue weighted by molar-refractivity contribution is 7.89. The molecule has 7 heteroatoms. The highest BCUT2D eigenvalue weighted by Gasteiger charge is 2.15. The van der Waals surface area contributed by atoms with Crippen LogP contribution in [0.15, 0.2) is 47.4 Å². The van der Waals surface area contributed by atoms with Crippen LogP contribution in [0, 0.1) is 13.8 Å². The third kappa shape index (κ3) is 4.33. The van der Waals surface area contributed by atoms with Crippen LogP contribution in [-0.4, -0.2) is 20.4 Å². The Bertz CT molecular complexity index is 846. The van der Waals surface area contributed by atoms with E-state index in [2.05, 4.69) is 10.6 Å². The predicted molar refractivity (Wildman–Crippen MR) is 95.4 cm³/mol. The maximum absolute atomic E-state index is 12.3. The first-order valence-corrected chi connectivity index (χ1v) is 8.99. The van der Waals surface area contributed by atoms with Crippen molar-refractivity contribution in [1.82, 2.24) is 0 Å². The summed E-state index contributed by atoms with van der Waals surface area (Å²) in [5, 5.41) is 11.0. The number of primary sulfonamides is 1. The van der Waals surface area contributed by atoms with Crippen molar-refractivity contribution in [3.8, 4) is 0 Å². The first-order chi connectivity index (χ1) is 11.2. The fourth-order valence-corrected chi connectivity index (χ4v) is 2.70. The number of benzene rings is 2. The molecule has 0 radical (unpaired) electrons. The fourth-order valence-electron chi connectivity index (χ4n) is 2.18. The molecular weight excluding hydrogens is 326 g/mol. The molecule has 0 heterocycles. The molecule has 2 aromatic carbocycles. The van der Waals surface area contributed by atoms with Crippen molar-refractivity contribution in [2.24, 2.45) is 5.14 Å². The zero-order valence-corrected chi connectivity index (χ0v) is 14.6. The number of nitrogens with one attached hydrogen (secondary N) is 2. The van der Waals surface area contributed by atoms with Crippen molar-refractivity contribution >= 4 is 27.3 Å². The lowest BCUT2D eigenvalue weighted by molar-refractivity contribution is -0.116. The Morgan fingerprint density at radius 3 is 2.29 bits per heavy atom. The maximum atomic E-state index is 12.3. The Kier molecular flexibility index (Phi) is 5.26. The monoisotopic (exact) mass is 347 g/mol. The second kappa shape index (κ2) is 7.02. The normalized spacial score (nSPS) is 12.5. The molecule has 128 valence electrons. The Labute approximate surface area is 142 Å². The van der Waals surface area contributed by atoms with Gasteiger partial charge >= 0.3 is 0 Å². The fraction of sp³-hybridized carbons (Fsp3) is 0.235. The molecule has 0 unspecified atom stereocenters. The van der Waals surface area contributed by atoms with Crippen molar-refractivity contribution in [2.45, 2.75) is 31.7 Å². The first kappa shape index (κ1) is 18.0. The lowest BCUT2D eigenvalue weighted by Crippen LogP contribution is -2.32. The summed E-state index contributed by atoms with van der Waals surface area (Å²) >= 11 is 0. The Balaban J connectivity index is 2.05. The van der Waals surface area contributed by atoms with Crippen LogP contribution >= 0.6 is 0 Å². The summed E-state index contributed by atoms with van der Waals surface area (Å²) in [5.74, 6) is -0.223. The number of hydrogen-bond acceptors (Lipinski definition) is 4. The van der Waals surface area contributed by atoms with Crippen LogP contribution in [-0.2, 0) is 14.8 Å². The number of rotatable bonds is 5. The van der Waals surface area contributed by atoms with Gasteiger partial charge in [0.2, 0.25) is 15.9 Å². The van der Waals surface area contributed by atoms with Gasteiger partial charge in [-0.2, -0.15) is 0 Å². The lowest BCUT2D eigenvalue weighted by atomic mass is 10.1. The van der Waals surface area contributed by atoms with Crippen molar-refractivity contribution in [3.63, 3.8) is 0 Å². The molecule has 0 spiro atoms. The zero-order chi connectivity index (χ0) is 17.9. The molecule has 6 nitrogen and oxygen atoms in total. The summed E-state index contributed by atoms with van der Waals surface area (Å²) in [4.78, 5) is 12.3. The molecule has 0 saturated heterocycles. The van der Waals surface area contributed by atoms with E-state index in [1.807, 2.05) is 32.0 Å². The van der Waals surface area contributed by atoms with Crippen LogP contribution < -0.4 is 15.8 Å². The van der Waals surface area contributed by atoms with Crippen molar-refractivity contribution in [2.75, 3.05) is 10.6 Å². The lowest BCUT2D eigenvalue weighted by Gasteiger charge is -2.18. The van der Waals surface area contributed by atoms with Gasteiger partial charge in [-0.1, -0.05) is 12.1 Å². The molecule has 2 aromatic rings. The zero-order valence-electron chi connectivity index (χ0n) is 13.8. The number of aryl methyl sites for hydroxylation is 1. The predicted octanol–water partition coefficient (Wildman–Crippen LogP) is 2.39. The topological polar surface area (TPSA) is 101 Å². The highest BCUT2D eigenvalue weighted by atomic mass is 32.2. The molecule has 2 rings (SSSR count). The second-order valence-corrected chi connectivity index (χ2v) is 7.23. The van der Waals surface area contributed by atoms with Gasteiger partial charge in [-0.3, -0.25) is 4.79 Å². The summed E-state index contributed by atoms with van der Waals surface area (Å²) < 4.78 is 22.4. The van der Waals surface area contributed by atoms with Gasteiger partial charge in [-0.05, 0) is 62.2 Å². The standard InChI is InChI=1S/C17H21N3O3S/c1-11-5-4-6-16(12(11)2)19-13(3)17(21)20-14-7-9-15(10-8-14)24(18,22)23/h4-10,13,19H,1-3H3,(H,20,21)(H2,18,22,23)/t13-/m0/s1. The largest absolute Gasteiger partial charge is 0.374 e. The van der Waals surface area contributed by atoms with Crippen LogP contribution in [0.1, 0.15) is 18.1 Å². The van der Waals surface area contributed by atoms with E-state index in [4.69, 9.17) is 5.14 Å². The third-order valence-corrected chi connectivity index (χ3v) is 4.75. The summed E-state index contributed by atoms with van der Waals surface area (Å²) in [6.07, 6.45) is 0. The summed E-state index contributed by atoms with van der Waals surface area (Å²) in [5.41, 5.74) is 3.64. The minimum Gasteiger partial charge on any atom is -0.374 e. The number of carbonyl (C=O) groups excluding carboxylic acids is 1. The van der Waals surface area contributed by atoms with E-state index >= 15 is 0 Å². The number of sulfonamides is 1.